The number of piperazine rings is 1. The molecule has 174 valence electrons. The summed E-state index contributed by atoms with van der Waals surface area (Å²) in [7, 11) is 3.09. The lowest BCUT2D eigenvalue weighted by Crippen LogP contribution is -2.47. The number of imide groups is 1. The number of likely N-dealkylation sites (N-methyl/N-ethyl adjacent to an activating group) is 1. The number of ether oxygens (including phenoxy) is 2. The Bertz CT molecular complexity index is 1120. The van der Waals surface area contributed by atoms with Crippen molar-refractivity contribution in [1.29, 1.82) is 0 Å². The first-order valence-electron chi connectivity index (χ1n) is 11.3. The van der Waals surface area contributed by atoms with Crippen LogP contribution in [0.2, 0.25) is 0 Å². The van der Waals surface area contributed by atoms with E-state index in [9.17, 15) is 9.59 Å². The highest BCUT2D eigenvalue weighted by Gasteiger charge is 2.43. The van der Waals surface area contributed by atoms with E-state index < -0.39 is 0 Å². The molecule has 2 amide bonds. The molecule has 0 N–H and O–H groups in total. The third-order valence-corrected chi connectivity index (χ3v) is 6.62. The molecule has 0 radical (unpaired) electrons. The number of rotatable bonds is 6. The molecule has 0 bridgehead atoms. The van der Waals surface area contributed by atoms with Crippen LogP contribution in [0.5, 0.6) is 11.5 Å². The van der Waals surface area contributed by atoms with Gasteiger partial charge in [0.25, 0.3) is 11.8 Å². The number of benzene rings is 2. The Kier molecular flexibility index (Phi) is 6.42. The summed E-state index contributed by atoms with van der Waals surface area (Å²) >= 11 is 0. The molecule has 2 aliphatic rings. The number of hydrogen-bond donors (Lipinski definition) is 0. The number of amides is 2. The first-order valence-corrected chi connectivity index (χ1v) is 11.3. The molecule has 0 unspecified atom stereocenters. The number of methoxy groups -OCH3 is 2. The monoisotopic (exact) mass is 449 g/mol. The maximum absolute atomic E-state index is 13.8. The highest BCUT2D eigenvalue weighted by molar-refractivity contribution is 6.45. The van der Waals surface area contributed by atoms with Crippen molar-refractivity contribution in [3.8, 4) is 11.5 Å². The fourth-order valence-corrected chi connectivity index (χ4v) is 4.45. The van der Waals surface area contributed by atoms with Crippen molar-refractivity contribution in [2.45, 2.75) is 20.8 Å². The first-order chi connectivity index (χ1) is 15.9. The molecular weight excluding hydrogens is 418 g/mol. The van der Waals surface area contributed by atoms with E-state index in [1.165, 1.54) is 12.0 Å². The van der Waals surface area contributed by atoms with Crippen LogP contribution in [0.1, 0.15) is 23.6 Å². The van der Waals surface area contributed by atoms with Gasteiger partial charge in [0, 0.05) is 32.2 Å². The molecule has 1 fully saturated rings. The van der Waals surface area contributed by atoms with Gasteiger partial charge in [-0.15, -0.1) is 0 Å². The highest BCUT2D eigenvalue weighted by atomic mass is 16.5. The van der Waals surface area contributed by atoms with E-state index in [2.05, 4.69) is 16.7 Å². The molecule has 2 aromatic carbocycles. The van der Waals surface area contributed by atoms with Gasteiger partial charge in [0.1, 0.15) is 5.70 Å². The van der Waals surface area contributed by atoms with Crippen molar-refractivity contribution in [2.75, 3.05) is 51.8 Å². The zero-order valence-electron chi connectivity index (χ0n) is 20.0. The van der Waals surface area contributed by atoms with Gasteiger partial charge in [-0.2, -0.15) is 0 Å². The van der Waals surface area contributed by atoms with Crippen LogP contribution in [0.15, 0.2) is 42.1 Å². The van der Waals surface area contributed by atoms with Crippen molar-refractivity contribution in [2.24, 2.45) is 0 Å². The summed E-state index contributed by atoms with van der Waals surface area (Å²) < 4.78 is 10.7. The Morgan fingerprint density at radius 2 is 1.52 bits per heavy atom. The van der Waals surface area contributed by atoms with Crippen LogP contribution >= 0.6 is 0 Å². The van der Waals surface area contributed by atoms with Crippen molar-refractivity contribution in [3.05, 3.63) is 58.8 Å². The Morgan fingerprint density at radius 3 is 2.12 bits per heavy atom. The van der Waals surface area contributed by atoms with Crippen LogP contribution in [0.25, 0.3) is 5.57 Å². The molecule has 7 nitrogen and oxygen atoms in total. The van der Waals surface area contributed by atoms with Crippen molar-refractivity contribution < 1.29 is 19.1 Å². The van der Waals surface area contributed by atoms with Crippen LogP contribution in [0.3, 0.4) is 0 Å². The SMILES string of the molecule is CCN1CCN(C2=C(c3ccc(C)c(C)c3)C(=O)N(c3ccc(OC)c(OC)c3)C2=O)CC1. The minimum absolute atomic E-state index is 0.301. The van der Waals surface area contributed by atoms with Gasteiger partial charge in [0.15, 0.2) is 11.5 Å². The predicted octanol–water partition coefficient (Wildman–Crippen LogP) is 3.24. The summed E-state index contributed by atoms with van der Waals surface area (Å²) in [6.45, 7) is 10.3. The van der Waals surface area contributed by atoms with E-state index in [1.807, 2.05) is 32.0 Å². The van der Waals surface area contributed by atoms with E-state index >= 15 is 0 Å². The summed E-state index contributed by atoms with van der Waals surface area (Å²) in [4.78, 5) is 33.2. The zero-order chi connectivity index (χ0) is 23.7. The standard InChI is InChI=1S/C26H31N3O4/c1-6-27-11-13-28(14-12-27)24-23(19-8-7-17(2)18(3)15-19)25(30)29(26(24)31)20-9-10-21(32-4)22(16-20)33-5/h7-10,15-16H,6,11-14H2,1-5H3. The second-order valence-electron chi connectivity index (χ2n) is 8.43. The number of aryl methyl sites for hydroxylation is 2. The normalized spacial score (nSPS) is 17.2. The Morgan fingerprint density at radius 1 is 0.818 bits per heavy atom. The summed E-state index contributed by atoms with van der Waals surface area (Å²) in [6, 6.07) is 11.0. The Hall–Kier alpha value is -3.32. The van der Waals surface area contributed by atoms with Gasteiger partial charge < -0.3 is 19.3 Å². The first kappa shape index (κ1) is 22.9. The van der Waals surface area contributed by atoms with E-state index in [-0.39, 0.29) is 11.8 Å². The van der Waals surface area contributed by atoms with Crippen molar-refractivity contribution >= 4 is 23.1 Å². The Balaban J connectivity index is 1.80. The lowest BCUT2D eigenvalue weighted by Gasteiger charge is -2.36. The molecule has 33 heavy (non-hydrogen) atoms. The summed E-state index contributed by atoms with van der Waals surface area (Å²) in [5.74, 6) is 0.390. The largest absolute Gasteiger partial charge is 0.493 e. The number of carbonyl (C=O) groups excluding carboxylic acids is 2. The van der Waals surface area contributed by atoms with Gasteiger partial charge in [-0.3, -0.25) is 9.59 Å². The van der Waals surface area contributed by atoms with Gasteiger partial charge in [-0.1, -0.05) is 25.1 Å². The summed E-state index contributed by atoms with van der Waals surface area (Å²) in [5, 5.41) is 0. The molecule has 4 rings (SSSR count). The predicted molar refractivity (Wildman–Crippen MR) is 129 cm³/mol. The minimum Gasteiger partial charge on any atom is -0.493 e. The summed E-state index contributed by atoms with van der Waals surface area (Å²) in [6.07, 6.45) is 0. The number of carbonyl (C=O) groups is 2. The molecule has 7 heteroatoms. The van der Waals surface area contributed by atoms with Gasteiger partial charge >= 0.3 is 0 Å². The average molecular weight is 450 g/mol. The van der Waals surface area contributed by atoms with E-state index in [0.717, 1.165) is 36.3 Å². The number of hydrogen-bond acceptors (Lipinski definition) is 6. The Labute approximate surface area is 195 Å². The number of anilines is 1. The molecule has 0 saturated carbocycles. The van der Waals surface area contributed by atoms with Gasteiger partial charge in [0.2, 0.25) is 0 Å². The summed E-state index contributed by atoms with van der Waals surface area (Å²) in [5.41, 5.74) is 4.40. The van der Waals surface area contributed by atoms with E-state index in [0.29, 0.717) is 41.5 Å². The van der Waals surface area contributed by atoms with Crippen molar-refractivity contribution in [3.63, 3.8) is 0 Å². The lowest BCUT2D eigenvalue weighted by molar-refractivity contribution is -0.120. The topological polar surface area (TPSA) is 62.3 Å². The van der Waals surface area contributed by atoms with Crippen LogP contribution in [0.4, 0.5) is 5.69 Å². The minimum atomic E-state index is -0.316. The van der Waals surface area contributed by atoms with E-state index in [1.54, 1.807) is 25.3 Å². The van der Waals surface area contributed by atoms with Gasteiger partial charge in [-0.05, 0) is 49.2 Å². The molecule has 2 aromatic rings. The van der Waals surface area contributed by atoms with Crippen LogP contribution < -0.4 is 14.4 Å². The molecule has 0 aliphatic carbocycles. The van der Waals surface area contributed by atoms with Gasteiger partial charge in [-0.25, -0.2) is 4.90 Å². The third-order valence-electron chi connectivity index (χ3n) is 6.62. The second kappa shape index (κ2) is 9.27. The maximum Gasteiger partial charge on any atom is 0.282 e. The highest BCUT2D eigenvalue weighted by Crippen LogP contribution is 2.38. The molecular formula is C26H31N3O4. The zero-order valence-corrected chi connectivity index (χ0v) is 20.0. The van der Waals surface area contributed by atoms with Gasteiger partial charge in [0.05, 0.1) is 25.5 Å². The maximum atomic E-state index is 13.8. The molecule has 2 heterocycles. The molecule has 2 aliphatic heterocycles. The molecule has 0 atom stereocenters. The fourth-order valence-electron chi connectivity index (χ4n) is 4.45. The van der Waals surface area contributed by atoms with Crippen LogP contribution in [-0.4, -0.2) is 68.6 Å². The fraction of sp³-hybridized carbons (Fsp3) is 0.385. The molecule has 1 saturated heterocycles. The second-order valence-corrected chi connectivity index (χ2v) is 8.43. The van der Waals surface area contributed by atoms with Crippen molar-refractivity contribution in [1.82, 2.24) is 9.80 Å². The molecule has 0 aromatic heterocycles. The lowest BCUT2D eigenvalue weighted by atomic mass is 9.99. The third kappa shape index (κ3) is 4.09. The molecule has 0 spiro atoms. The number of nitrogens with zero attached hydrogens (tertiary/aromatic N) is 3. The van der Waals surface area contributed by atoms with E-state index in [4.69, 9.17) is 9.47 Å². The average Bonchev–Trinajstić information content (AvgIpc) is 3.10. The van der Waals surface area contributed by atoms with Crippen LogP contribution in [-0.2, 0) is 9.59 Å². The smallest absolute Gasteiger partial charge is 0.282 e. The van der Waals surface area contributed by atoms with Crippen LogP contribution in [0, 0.1) is 13.8 Å². The quantitative estimate of drug-likeness (QED) is 0.631.